The van der Waals surface area contributed by atoms with Gasteiger partial charge in [0.05, 0.1) is 27.8 Å². The van der Waals surface area contributed by atoms with Crippen molar-refractivity contribution in [3.8, 4) is 0 Å². The van der Waals surface area contributed by atoms with E-state index in [0.717, 1.165) is 29.7 Å². The number of carbonyl (C=O) groups is 3. The van der Waals surface area contributed by atoms with Crippen molar-refractivity contribution in [1.82, 2.24) is 0 Å². The molecule has 0 spiro atoms. The lowest BCUT2D eigenvalue weighted by molar-refractivity contribution is -0.119. The first-order valence-electron chi connectivity index (χ1n) is 9.53. The third-order valence-corrected chi connectivity index (χ3v) is 6.64. The van der Waals surface area contributed by atoms with Crippen LogP contribution < -0.4 is 5.32 Å². The molecule has 160 valence electrons. The number of amides is 1. The van der Waals surface area contributed by atoms with E-state index in [-0.39, 0.29) is 17.2 Å². The minimum atomic E-state index is -0.700. The molecule has 6 nitrogen and oxygen atoms in total. The molecule has 1 aromatic heterocycles. The summed E-state index contributed by atoms with van der Waals surface area (Å²) in [6.45, 7) is 3.64. The highest BCUT2D eigenvalue weighted by atomic mass is 35.5. The van der Waals surface area contributed by atoms with Gasteiger partial charge in [0.1, 0.15) is 5.00 Å². The topological polar surface area (TPSA) is 81.7 Å². The van der Waals surface area contributed by atoms with Crippen LogP contribution in [-0.2, 0) is 27.1 Å². The van der Waals surface area contributed by atoms with Crippen molar-refractivity contribution in [2.24, 2.45) is 5.92 Å². The van der Waals surface area contributed by atoms with Crippen LogP contribution in [0.25, 0.3) is 0 Å². The van der Waals surface area contributed by atoms with Gasteiger partial charge in [-0.15, -0.1) is 11.3 Å². The molecule has 1 N–H and O–H groups in total. The molecule has 30 heavy (non-hydrogen) atoms. The van der Waals surface area contributed by atoms with E-state index in [1.54, 1.807) is 6.92 Å². The molecule has 0 aliphatic heterocycles. The van der Waals surface area contributed by atoms with Crippen LogP contribution in [0.15, 0.2) is 18.2 Å². The molecular weight excluding hydrogens is 449 g/mol. The molecule has 9 heteroatoms. The molecule has 0 fully saturated rings. The molecule has 1 amide bonds. The van der Waals surface area contributed by atoms with E-state index in [1.165, 1.54) is 29.5 Å². The van der Waals surface area contributed by atoms with E-state index >= 15 is 0 Å². The zero-order valence-electron chi connectivity index (χ0n) is 16.6. The van der Waals surface area contributed by atoms with Crippen LogP contribution in [0.1, 0.15) is 51.4 Å². The lowest BCUT2D eigenvalue weighted by atomic mass is 9.88. The van der Waals surface area contributed by atoms with Crippen LogP contribution >= 0.6 is 34.5 Å². The lowest BCUT2D eigenvalue weighted by Crippen LogP contribution is -2.22. The molecule has 2 aromatic rings. The first kappa shape index (κ1) is 22.6. The largest absolute Gasteiger partial charge is 0.462 e. The van der Waals surface area contributed by atoms with Gasteiger partial charge in [-0.05, 0) is 55.9 Å². The minimum absolute atomic E-state index is 0.185. The summed E-state index contributed by atoms with van der Waals surface area (Å²) in [7, 11) is 0. The Kier molecular flexibility index (Phi) is 7.39. The summed E-state index contributed by atoms with van der Waals surface area (Å²) in [5.74, 6) is -1.18. The fourth-order valence-corrected chi connectivity index (χ4v) is 4.97. The highest BCUT2D eigenvalue weighted by Crippen LogP contribution is 2.40. The summed E-state index contributed by atoms with van der Waals surface area (Å²) >= 11 is 13.1. The number of anilines is 1. The summed E-state index contributed by atoms with van der Waals surface area (Å²) in [5, 5.41) is 3.67. The van der Waals surface area contributed by atoms with Crippen LogP contribution in [0.5, 0.6) is 0 Å². The maximum atomic E-state index is 12.5. The van der Waals surface area contributed by atoms with Crippen LogP contribution in [-0.4, -0.2) is 31.1 Å². The maximum Gasteiger partial charge on any atom is 0.341 e. The molecule has 1 heterocycles. The number of esters is 2. The summed E-state index contributed by atoms with van der Waals surface area (Å²) in [4.78, 5) is 38.1. The zero-order valence-corrected chi connectivity index (χ0v) is 18.9. The number of carbonyl (C=O) groups excluding carboxylic acids is 3. The van der Waals surface area contributed by atoms with Crippen molar-refractivity contribution in [2.45, 2.75) is 33.1 Å². The minimum Gasteiger partial charge on any atom is -0.462 e. The van der Waals surface area contributed by atoms with Crippen molar-refractivity contribution >= 4 is 57.4 Å². The van der Waals surface area contributed by atoms with E-state index < -0.39 is 24.5 Å². The number of nitrogens with one attached hydrogen (secondary N) is 1. The Balaban J connectivity index is 1.70. The van der Waals surface area contributed by atoms with E-state index in [1.807, 2.05) is 0 Å². The van der Waals surface area contributed by atoms with Crippen molar-refractivity contribution < 1.29 is 23.9 Å². The Bertz CT molecular complexity index is 988. The standard InChI is InChI=1S/C21H21Cl2NO5S/c1-3-28-21(27)18-13-6-4-11(2)8-16(13)30-19(18)24-17(25)10-29-20(26)12-5-7-14(22)15(23)9-12/h5,7,9,11H,3-4,6,8,10H2,1-2H3,(H,24,25). The highest BCUT2D eigenvalue weighted by molar-refractivity contribution is 7.17. The predicted molar refractivity (Wildman–Crippen MR) is 117 cm³/mol. The van der Waals surface area contributed by atoms with Gasteiger partial charge in [0.25, 0.3) is 5.91 Å². The van der Waals surface area contributed by atoms with Crippen molar-refractivity contribution in [1.29, 1.82) is 0 Å². The predicted octanol–water partition coefficient (Wildman–Crippen LogP) is 5.15. The van der Waals surface area contributed by atoms with Crippen LogP contribution in [0, 0.1) is 5.92 Å². The van der Waals surface area contributed by atoms with Gasteiger partial charge in [0.2, 0.25) is 0 Å². The normalized spacial score (nSPS) is 15.3. The van der Waals surface area contributed by atoms with Gasteiger partial charge < -0.3 is 14.8 Å². The summed E-state index contributed by atoms with van der Waals surface area (Å²) in [6.07, 6.45) is 2.60. The van der Waals surface area contributed by atoms with Gasteiger partial charge in [-0.3, -0.25) is 4.79 Å². The average molecular weight is 470 g/mol. The molecule has 0 saturated heterocycles. The second-order valence-electron chi connectivity index (χ2n) is 7.03. The number of ether oxygens (including phenoxy) is 2. The van der Waals surface area contributed by atoms with Gasteiger partial charge in [-0.25, -0.2) is 9.59 Å². The molecule has 1 atom stereocenters. The average Bonchev–Trinajstić information content (AvgIpc) is 3.05. The lowest BCUT2D eigenvalue weighted by Gasteiger charge is -2.18. The van der Waals surface area contributed by atoms with E-state index in [9.17, 15) is 14.4 Å². The molecule has 1 aromatic carbocycles. The molecule has 1 aliphatic rings. The quantitative estimate of drug-likeness (QED) is 0.591. The van der Waals surface area contributed by atoms with Gasteiger partial charge in [-0.1, -0.05) is 30.1 Å². The van der Waals surface area contributed by atoms with Crippen LogP contribution in [0.3, 0.4) is 0 Å². The molecule has 1 aliphatic carbocycles. The summed E-state index contributed by atoms with van der Waals surface area (Å²) in [5.41, 5.74) is 1.54. The zero-order chi connectivity index (χ0) is 21.8. The fraction of sp³-hybridized carbons (Fsp3) is 0.381. The van der Waals surface area contributed by atoms with Crippen molar-refractivity contribution in [2.75, 3.05) is 18.5 Å². The molecule has 0 bridgehead atoms. The SMILES string of the molecule is CCOC(=O)c1c(NC(=O)COC(=O)c2ccc(Cl)c(Cl)c2)sc2c1CCC(C)C2. The second kappa shape index (κ2) is 9.81. The van der Waals surface area contributed by atoms with E-state index in [2.05, 4.69) is 12.2 Å². The molecular formula is C21H21Cl2NO5S. The Labute approximate surface area is 188 Å². The van der Waals surface area contributed by atoms with Gasteiger partial charge in [-0.2, -0.15) is 0 Å². The number of rotatable bonds is 6. The molecule has 0 saturated carbocycles. The Hall–Kier alpha value is -2.09. The Morgan fingerprint density at radius 2 is 1.93 bits per heavy atom. The van der Waals surface area contributed by atoms with Crippen molar-refractivity contribution in [3.63, 3.8) is 0 Å². The third-order valence-electron chi connectivity index (χ3n) is 4.73. The number of thiophene rings is 1. The van der Waals surface area contributed by atoms with E-state index in [0.29, 0.717) is 21.5 Å². The number of halogens is 2. The number of hydrogen-bond donors (Lipinski definition) is 1. The first-order chi connectivity index (χ1) is 14.3. The highest BCUT2D eigenvalue weighted by Gasteiger charge is 2.29. The second-order valence-corrected chi connectivity index (χ2v) is 8.95. The maximum absolute atomic E-state index is 12.5. The summed E-state index contributed by atoms with van der Waals surface area (Å²) in [6, 6.07) is 4.31. The van der Waals surface area contributed by atoms with Gasteiger partial charge >= 0.3 is 11.9 Å². The molecule has 0 radical (unpaired) electrons. The van der Waals surface area contributed by atoms with Crippen LogP contribution in [0.2, 0.25) is 10.0 Å². The smallest absolute Gasteiger partial charge is 0.341 e. The fourth-order valence-electron chi connectivity index (χ4n) is 3.26. The third kappa shape index (κ3) is 5.14. The summed E-state index contributed by atoms with van der Waals surface area (Å²) < 4.78 is 10.2. The van der Waals surface area contributed by atoms with Crippen LogP contribution in [0.4, 0.5) is 5.00 Å². The number of hydrogen-bond acceptors (Lipinski definition) is 6. The molecule has 3 rings (SSSR count). The van der Waals surface area contributed by atoms with Gasteiger partial charge in [0.15, 0.2) is 6.61 Å². The van der Waals surface area contributed by atoms with E-state index in [4.69, 9.17) is 32.7 Å². The Morgan fingerprint density at radius 1 is 1.17 bits per heavy atom. The first-order valence-corrected chi connectivity index (χ1v) is 11.1. The molecule has 1 unspecified atom stereocenters. The number of fused-ring (bicyclic) bond motifs is 1. The number of benzene rings is 1. The van der Waals surface area contributed by atoms with Crippen molar-refractivity contribution in [3.05, 3.63) is 49.8 Å². The monoisotopic (exact) mass is 469 g/mol. The Morgan fingerprint density at radius 3 is 2.63 bits per heavy atom. The van der Waals surface area contributed by atoms with Gasteiger partial charge in [0, 0.05) is 4.88 Å².